The molecule has 0 saturated heterocycles. The lowest BCUT2D eigenvalue weighted by molar-refractivity contribution is -0.136. The molecule has 1 N–H and O–H groups in total. The Labute approximate surface area is 147 Å². The summed E-state index contributed by atoms with van der Waals surface area (Å²) in [6.45, 7) is 0. The number of hydrogen-bond donors (Lipinski definition) is 1. The van der Waals surface area contributed by atoms with E-state index in [9.17, 15) is 18.0 Å². The number of nitrogens with zero attached hydrogens (tertiary/aromatic N) is 3. The van der Waals surface area contributed by atoms with Crippen molar-refractivity contribution < 1.29 is 18.0 Å². The zero-order valence-electron chi connectivity index (χ0n) is 14.0. The highest BCUT2D eigenvalue weighted by molar-refractivity contribution is 6.04. The van der Waals surface area contributed by atoms with Crippen molar-refractivity contribution in [2.45, 2.75) is 6.18 Å². The Balaban J connectivity index is 1.95. The molecule has 0 aliphatic rings. The number of anilines is 2. The second kappa shape index (κ2) is 6.62. The number of aromatic nitrogens is 2. The van der Waals surface area contributed by atoms with Gasteiger partial charge in [0.1, 0.15) is 5.69 Å². The van der Waals surface area contributed by atoms with E-state index in [1.165, 1.54) is 18.3 Å². The summed E-state index contributed by atoms with van der Waals surface area (Å²) in [4.78, 5) is 22.2. The quantitative estimate of drug-likeness (QED) is 0.768. The zero-order chi connectivity index (χ0) is 18.9. The van der Waals surface area contributed by atoms with Crippen LogP contribution in [-0.4, -0.2) is 30.0 Å². The minimum Gasteiger partial charge on any atom is -0.378 e. The molecule has 0 unspecified atom stereocenters. The van der Waals surface area contributed by atoms with Crippen molar-refractivity contribution >= 4 is 28.3 Å². The summed E-state index contributed by atoms with van der Waals surface area (Å²) >= 11 is 0. The molecule has 0 fully saturated rings. The van der Waals surface area contributed by atoms with E-state index >= 15 is 0 Å². The lowest BCUT2D eigenvalue weighted by Gasteiger charge is -2.18. The van der Waals surface area contributed by atoms with E-state index in [-0.39, 0.29) is 11.4 Å². The number of amides is 1. The number of nitrogens with one attached hydrogen (secondary N) is 1. The van der Waals surface area contributed by atoms with Crippen LogP contribution < -0.4 is 10.2 Å². The van der Waals surface area contributed by atoms with Gasteiger partial charge in [0, 0.05) is 19.8 Å². The van der Waals surface area contributed by atoms with Crippen LogP contribution in [0.3, 0.4) is 0 Å². The summed E-state index contributed by atoms with van der Waals surface area (Å²) < 4.78 is 40.1. The number of fused-ring (bicyclic) bond motifs is 1. The van der Waals surface area contributed by atoms with Crippen LogP contribution in [0.25, 0.3) is 11.0 Å². The van der Waals surface area contributed by atoms with Crippen molar-refractivity contribution in [3.8, 4) is 0 Å². The predicted molar refractivity (Wildman–Crippen MR) is 93.3 cm³/mol. The van der Waals surface area contributed by atoms with Gasteiger partial charge in [0.15, 0.2) is 0 Å². The van der Waals surface area contributed by atoms with Gasteiger partial charge < -0.3 is 10.2 Å². The Kier molecular flexibility index (Phi) is 4.50. The van der Waals surface area contributed by atoms with Gasteiger partial charge in [0.25, 0.3) is 5.91 Å². The van der Waals surface area contributed by atoms with E-state index < -0.39 is 17.6 Å². The molecule has 134 valence electrons. The number of benzene rings is 2. The molecular formula is C18H15F3N4O. The fourth-order valence-corrected chi connectivity index (χ4v) is 2.41. The standard InChI is InChI=1S/C18H15F3N4O/c1-25(2)11-7-8-13(12(9-11)18(19,20)21)24-17(26)16-10-22-14-5-3-4-6-15(14)23-16/h3-10H,1-2H3,(H,24,26). The van der Waals surface area contributed by atoms with Crippen molar-refractivity contribution in [1.29, 1.82) is 0 Å². The first kappa shape index (κ1) is 17.7. The van der Waals surface area contributed by atoms with E-state index in [4.69, 9.17) is 0 Å². The van der Waals surface area contributed by atoms with Gasteiger partial charge in [-0.25, -0.2) is 4.98 Å². The van der Waals surface area contributed by atoms with Crippen molar-refractivity contribution in [3.05, 3.63) is 59.9 Å². The number of rotatable bonds is 3. The van der Waals surface area contributed by atoms with Crippen LogP contribution in [0.1, 0.15) is 16.1 Å². The Morgan fingerprint density at radius 1 is 1.08 bits per heavy atom. The summed E-state index contributed by atoms with van der Waals surface area (Å²) in [6, 6.07) is 10.6. The molecule has 1 aromatic heterocycles. The molecule has 0 bridgehead atoms. The van der Waals surface area contributed by atoms with Crippen LogP contribution in [0, 0.1) is 0 Å². The molecule has 2 aromatic carbocycles. The first-order valence-corrected chi connectivity index (χ1v) is 7.67. The van der Waals surface area contributed by atoms with Gasteiger partial charge in [-0.2, -0.15) is 13.2 Å². The molecule has 0 aliphatic carbocycles. The van der Waals surface area contributed by atoms with Gasteiger partial charge in [0.2, 0.25) is 0 Å². The summed E-state index contributed by atoms with van der Waals surface area (Å²) in [7, 11) is 3.27. The maximum atomic E-state index is 13.4. The molecule has 0 atom stereocenters. The largest absolute Gasteiger partial charge is 0.418 e. The smallest absolute Gasteiger partial charge is 0.378 e. The first-order valence-electron chi connectivity index (χ1n) is 7.67. The van der Waals surface area contributed by atoms with Gasteiger partial charge in [-0.1, -0.05) is 12.1 Å². The number of carbonyl (C=O) groups is 1. The average Bonchev–Trinajstić information content (AvgIpc) is 2.60. The Bertz CT molecular complexity index is 970. The predicted octanol–water partition coefficient (Wildman–Crippen LogP) is 3.97. The summed E-state index contributed by atoms with van der Waals surface area (Å²) in [5.41, 5.74) is 0.137. The van der Waals surface area contributed by atoms with Crippen LogP contribution in [0.2, 0.25) is 0 Å². The van der Waals surface area contributed by atoms with Crippen LogP contribution >= 0.6 is 0 Å². The second-order valence-corrected chi connectivity index (χ2v) is 5.82. The third kappa shape index (κ3) is 3.58. The molecule has 1 amide bonds. The molecule has 0 aliphatic heterocycles. The molecule has 26 heavy (non-hydrogen) atoms. The number of para-hydroxylation sites is 2. The SMILES string of the molecule is CN(C)c1ccc(NC(=O)c2cnc3ccccc3n2)c(C(F)(F)F)c1. The molecule has 3 rings (SSSR count). The Morgan fingerprint density at radius 3 is 2.42 bits per heavy atom. The fraction of sp³-hybridized carbons (Fsp3) is 0.167. The molecule has 5 nitrogen and oxygen atoms in total. The molecule has 1 heterocycles. The normalized spacial score (nSPS) is 11.4. The first-order chi connectivity index (χ1) is 12.3. The lowest BCUT2D eigenvalue weighted by atomic mass is 10.1. The molecular weight excluding hydrogens is 345 g/mol. The summed E-state index contributed by atoms with van der Waals surface area (Å²) in [5.74, 6) is -0.758. The van der Waals surface area contributed by atoms with Crippen molar-refractivity contribution in [2.75, 3.05) is 24.3 Å². The molecule has 3 aromatic rings. The third-order valence-electron chi connectivity index (χ3n) is 3.75. The Hall–Kier alpha value is -3.16. The topological polar surface area (TPSA) is 58.1 Å². The van der Waals surface area contributed by atoms with E-state index in [1.54, 1.807) is 43.3 Å². The van der Waals surface area contributed by atoms with Gasteiger partial charge >= 0.3 is 6.18 Å². The van der Waals surface area contributed by atoms with Crippen LogP contribution in [0.5, 0.6) is 0 Å². The Morgan fingerprint density at radius 2 is 1.77 bits per heavy atom. The van der Waals surface area contributed by atoms with E-state index in [0.29, 0.717) is 16.7 Å². The number of halogens is 3. The highest BCUT2D eigenvalue weighted by Gasteiger charge is 2.34. The van der Waals surface area contributed by atoms with Crippen molar-refractivity contribution in [3.63, 3.8) is 0 Å². The molecule has 0 spiro atoms. The second-order valence-electron chi connectivity index (χ2n) is 5.82. The van der Waals surface area contributed by atoms with E-state index in [2.05, 4.69) is 15.3 Å². The zero-order valence-corrected chi connectivity index (χ0v) is 14.0. The maximum Gasteiger partial charge on any atom is 0.418 e. The molecule has 0 radical (unpaired) electrons. The van der Waals surface area contributed by atoms with Gasteiger partial charge in [-0.05, 0) is 30.3 Å². The minimum atomic E-state index is -4.61. The highest BCUT2D eigenvalue weighted by Crippen LogP contribution is 2.37. The van der Waals surface area contributed by atoms with Crippen molar-refractivity contribution in [1.82, 2.24) is 9.97 Å². The monoisotopic (exact) mass is 360 g/mol. The summed E-state index contributed by atoms with van der Waals surface area (Å²) in [5, 5.41) is 2.28. The van der Waals surface area contributed by atoms with Crippen LogP contribution in [0.15, 0.2) is 48.7 Å². The molecule has 0 saturated carbocycles. The fourth-order valence-electron chi connectivity index (χ4n) is 2.41. The van der Waals surface area contributed by atoms with Crippen LogP contribution in [0.4, 0.5) is 24.5 Å². The van der Waals surface area contributed by atoms with Gasteiger partial charge in [-0.3, -0.25) is 9.78 Å². The van der Waals surface area contributed by atoms with E-state index in [1.807, 2.05) is 0 Å². The van der Waals surface area contributed by atoms with Crippen LogP contribution in [-0.2, 0) is 6.18 Å². The summed E-state index contributed by atoms with van der Waals surface area (Å²) in [6.07, 6.45) is -3.37. The van der Waals surface area contributed by atoms with Gasteiger partial charge in [0.05, 0.1) is 28.5 Å². The van der Waals surface area contributed by atoms with E-state index in [0.717, 1.165) is 6.07 Å². The number of alkyl halides is 3. The minimum absolute atomic E-state index is 0.0616. The lowest BCUT2D eigenvalue weighted by Crippen LogP contribution is -2.19. The maximum absolute atomic E-state index is 13.4. The third-order valence-corrected chi connectivity index (χ3v) is 3.75. The number of carbonyl (C=O) groups excluding carboxylic acids is 1. The molecule has 8 heteroatoms. The highest BCUT2D eigenvalue weighted by atomic mass is 19.4. The average molecular weight is 360 g/mol. The van der Waals surface area contributed by atoms with Gasteiger partial charge in [-0.15, -0.1) is 0 Å². The number of hydrogen-bond acceptors (Lipinski definition) is 4. The van der Waals surface area contributed by atoms with Crippen molar-refractivity contribution in [2.24, 2.45) is 0 Å².